The van der Waals surface area contributed by atoms with E-state index in [1.54, 1.807) is 9.58 Å². The zero-order chi connectivity index (χ0) is 17.1. The third-order valence-corrected chi connectivity index (χ3v) is 4.80. The number of carbonyl (C=O) groups is 2. The van der Waals surface area contributed by atoms with E-state index in [4.69, 9.17) is 4.74 Å². The molecule has 0 spiro atoms. The highest BCUT2D eigenvalue weighted by Crippen LogP contribution is 2.23. The molecule has 24 heavy (non-hydrogen) atoms. The van der Waals surface area contributed by atoms with Crippen LogP contribution in [0.15, 0.2) is 29.1 Å². The number of aromatic nitrogens is 2. The van der Waals surface area contributed by atoms with Crippen LogP contribution in [0.4, 0.5) is 5.82 Å². The van der Waals surface area contributed by atoms with Gasteiger partial charge in [-0.05, 0) is 35.2 Å². The Morgan fingerprint density at radius 2 is 2.33 bits per heavy atom. The molecule has 128 valence electrons. The Morgan fingerprint density at radius 1 is 1.50 bits per heavy atom. The Labute approximate surface area is 144 Å². The quantitative estimate of drug-likeness (QED) is 0.829. The number of nitrogens with one attached hydrogen (secondary N) is 1. The largest absolute Gasteiger partial charge is 0.468 e. The lowest BCUT2D eigenvalue weighted by Gasteiger charge is -2.33. The van der Waals surface area contributed by atoms with Crippen molar-refractivity contribution in [3.63, 3.8) is 0 Å². The molecule has 1 amide bonds. The highest BCUT2D eigenvalue weighted by atomic mass is 32.1. The van der Waals surface area contributed by atoms with E-state index in [9.17, 15) is 9.59 Å². The minimum absolute atomic E-state index is 0.0657. The molecule has 0 aromatic carbocycles. The Kier molecular flexibility index (Phi) is 4.96. The van der Waals surface area contributed by atoms with Crippen LogP contribution >= 0.6 is 11.3 Å². The van der Waals surface area contributed by atoms with Crippen LogP contribution in [0.1, 0.15) is 24.4 Å². The number of ether oxygens (including phenoxy) is 1. The number of aryl methyl sites for hydroxylation is 1. The number of thiophene rings is 1. The first-order chi connectivity index (χ1) is 11.6. The van der Waals surface area contributed by atoms with Gasteiger partial charge in [0.15, 0.2) is 5.82 Å². The number of carbonyl (C=O) groups excluding carboxylic acids is 2. The molecule has 0 aliphatic carbocycles. The Bertz CT molecular complexity index is 713. The van der Waals surface area contributed by atoms with E-state index in [-0.39, 0.29) is 5.91 Å². The molecule has 0 unspecified atom stereocenters. The highest BCUT2D eigenvalue weighted by molar-refractivity contribution is 7.08. The summed E-state index contributed by atoms with van der Waals surface area (Å²) in [5.74, 6) is 0.180. The first-order valence-corrected chi connectivity index (χ1v) is 8.71. The fourth-order valence-corrected chi connectivity index (χ4v) is 3.55. The van der Waals surface area contributed by atoms with E-state index in [0.29, 0.717) is 18.8 Å². The van der Waals surface area contributed by atoms with Crippen molar-refractivity contribution in [1.82, 2.24) is 15.1 Å². The summed E-state index contributed by atoms with van der Waals surface area (Å²) in [6, 6.07) is 2.60. The SMILES string of the molecule is COC(=O)[C@@H](N[C@H]1CCCN(c2ccn(C)n2)C1=O)c1ccsc1. The van der Waals surface area contributed by atoms with Crippen molar-refractivity contribution in [2.45, 2.75) is 24.9 Å². The maximum atomic E-state index is 12.8. The van der Waals surface area contributed by atoms with Gasteiger partial charge in [0.05, 0.1) is 13.2 Å². The number of anilines is 1. The van der Waals surface area contributed by atoms with Crippen molar-refractivity contribution in [1.29, 1.82) is 0 Å². The highest BCUT2D eigenvalue weighted by Gasteiger charge is 2.34. The molecule has 1 aliphatic rings. The maximum absolute atomic E-state index is 12.8. The predicted molar refractivity (Wildman–Crippen MR) is 90.8 cm³/mol. The molecule has 2 atom stereocenters. The molecule has 1 N–H and O–H groups in total. The molecule has 1 fully saturated rings. The summed E-state index contributed by atoms with van der Waals surface area (Å²) < 4.78 is 6.56. The molecule has 0 radical (unpaired) electrons. The minimum atomic E-state index is -0.640. The number of hydrogen-bond acceptors (Lipinski definition) is 6. The van der Waals surface area contributed by atoms with Gasteiger partial charge in [-0.25, -0.2) is 4.79 Å². The van der Waals surface area contributed by atoms with Crippen LogP contribution in [0.2, 0.25) is 0 Å². The molecular formula is C16H20N4O3S. The van der Waals surface area contributed by atoms with Crippen molar-refractivity contribution >= 4 is 29.0 Å². The lowest BCUT2D eigenvalue weighted by atomic mass is 10.0. The fraction of sp³-hybridized carbons (Fsp3) is 0.438. The molecule has 2 aromatic rings. The van der Waals surface area contributed by atoms with E-state index in [1.165, 1.54) is 18.4 Å². The molecular weight excluding hydrogens is 328 g/mol. The minimum Gasteiger partial charge on any atom is -0.468 e. The van der Waals surface area contributed by atoms with E-state index in [0.717, 1.165) is 12.0 Å². The van der Waals surface area contributed by atoms with Crippen LogP contribution in [0.5, 0.6) is 0 Å². The van der Waals surface area contributed by atoms with Gasteiger partial charge in [-0.15, -0.1) is 0 Å². The van der Waals surface area contributed by atoms with Crippen molar-refractivity contribution in [2.75, 3.05) is 18.6 Å². The smallest absolute Gasteiger partial charge is 0.327 e. The van der Waals surface area contributed by atoms with Crippen molar-refractivity contribution < 1.29 is 14.3 Å². The van der Waals surface area contributed by atoms with Gasteiger partial charge in [0.25, 0.3) is 0 Å². The standard InChI is InChI=1S/C16H20N4O3S/c1-19-8-5-13(18-19)20-7-3-4-12(15(20)21)17-14(16(22)23-2)11-6-9-24-10-11/h5-6,8-10,12,14,17H,3-4,7H2,1-2H3/t12-,14-/m0/s1. The molecule has 0 saturated carbocycles. The first-order valence-electron chi connectivity index (χ1n) is 7.77. The molecule has 7 nitrogen and oxygen atoms in total. The van der Waals surface area contributed by atoms with Crippen molar-refractivity contribution in [3.8, 4) is 0 Å². The van der Waals surface area contributed by atoms with Crippen molar-refractivity contribution in [2.24, 2.45) is 7.05 Å². The van der Waals surface area contributed by atoms with Gasteiger partial charge in [-0.2, -0.15) is 16.4 Å². The summed E-state index contributed by atoms with van der Waals surface area (Å²) >= 11 is 1.50. The van der Waals surface area contributed by atoms with Gasteiger partial charge in [0.2, 0.25) is 5.91 Å². The van der Waals surface area contributed by atoms with Crippen LogP contribution in [0.3, 0.4) is 0 Å². The van der Waals surface area contributed by atoms with Gasteiger partial charge in [0, 0.05) is 25.9 Å². The lowest BCUT2D eigenvalue weighted by Crippen LogP contribution is -2.53. The van der Waals surface area contributed by atoms with Crippen molar-refractivity contribution in [3.05, 3.63) is 34.7 Å². The number of methoxy groups -OCH3 is 1. The zero-order valence-corrected chi connectivity index (χ0v) is 14.5. The van der Waals surface area contributed by atoms with Crippen LogP contribution < -0.4 is 10.2 Å². The summed E-state index contributed by atoms with van der Waals surface area (Å²) in [7, 11) is 3.17. The van der Waals surface area contributed by atoms with Gasteiger partial charge in [-0.3, -0.25) is 19.7 Å². The zero-order valence-electron chi connectivity index (χ0n) is 13.6. The molecule has 8 heteroatoms. The number of piperidine rings is 1. The molecule has 3 rings (SSSR count). The average molecular weight is 348 g/mol. The second-order valence-electron chi connectivity index (χ2n) is 5.71. The number of hydrogen-bond donors (Lipinski definition) is 1. The maximum Gasteiger partial charge on any atom is 0.327 e. The number of nitrogens with zero attached hydrogens (tertiary/aromatic N) is 3. The summed E-state index contributed by atoms with van der Waals surface area (Å²) in [4.78, 5) is 26.6. The molecule has 0 bridgehead atoms. The average Bonchev–Trinajstić information content (AvgIpc) is 3.25. The number of rotatable bonds is 5. The van der Waals surface area contributed by atoms with Gasteiger partial charge in [0.1, 0.15) is 6.04 Å². The van der Waals surface area contributed by atoms with Crippen LogP contribution in [-0.4, -0.2) is 41.4 Å². The third-order valence-electron chi connectivity index (χ3n) is 4.10. The van der Waals surface area contributed by atoms with Gasteiger partial charge < -0.3 is 4.74 Å². The Balaban J connectivity index is 1.77. The topological polar surface area (TPSA) is 76.5 Å². The first kappa shape index (κ1) is 16.7. The lowest BCUT2D eigenvalue weighted by molar-refractivity contribution is -0.143. The third kappa shape index (κ3) is 3.34. The summed E-state index contributed by atoms with van der Waals surface area (Å²) in [6.45, 7) is 0.634. The molecule has 1 aliphatic heterocycles. The Hall–Kier alpha value is -2.19. The summed E-state index contributed by atoms with van der Waals surface area (Å²) in [5, 5.41) is 11.3. The van der Waals surface area contributed by atoms with E-state index >= 15 is 0 Å². The van der Waals surface area contributed by atoms with E-state index in [2.05, 4.69) is 10.4 Å². The molecule has 1 saturated heterocycles. The summed E-state index contributed by atoms with van der Waals surface area (Å²) in [6.07, 6.45) is 3.33. The second-order valence-corrected chi connectivity index (χ2v) is 6.49. The Morgan fingerprint density at radius 3 is 2.96 bits per heavy atom. The second kappa shape index (κ2) is 7.14. The molecule has 3 heterocycles. The van der Waals surface area contributed by atoms with Crippen LogP contribution in [0.25, 0.3) is 0 Å². The number of esters is 1. The van der Waals surface area contributed by atoms with Gasteiger partial charge >= 0.3 is 5.97 Å². The van der Waals surface area contributed by atoms with Gasteiger partial charge in [-0.1, -0.05) is 0 Å². The predicted octanol–water partition coefficient (Wildman–Crippen LogP) is 1.48. The molecule has 2 aromatic heterocycles. The fourth-order valence-electron chi connectivity index (χ4n) is 2.86. The van der Waals surface area contributed by atoms with Crippen LogP contribution in [0, 0.1) is 0 Å². The van der Waals surface area contributed by atoms with E-state index < -0.39 is 18.1 Å². The van der Waals surface area contributed by atoms with Crippen LogP contribution in [-0.2, 0) is 21.4 Å². The summed E-state index contributed by atoms with van der Waals surface area (Å²) in [5.41, 5.74) is 0.814. The monoisotopic (exact) mass is 348 g/mol. The van der Waals surface area contributed by atoms with E-state index in [1.807, 2.05) is 36.1 Å². The normalized spacial score (nSPS) is 19.3. The number of amides is 1.